The minimum atomic E-state index is -0.0427. The van der Waals surface area contributed by atoms with Gasteiger partial charge in [0.1, 0.15) is 5.75 Å². The lowest BCUT2D eigenvalue weighted by atomic mass is 10.1. The van der Waals surface area contributed by atoms with E-state index in [1.165, 1.54) is 5.56 Å². The van der Waals surface area contributed by atoms with Crippen molar-refractivity contribution in [3.05, 3.63) is 35.4 Å². The number of amides is 1. The molecule has 1 amide bonds. The van der Waals surface area contributed by atoms with Crippen LogP contribution in [0.25, 0.3) is 6.08 Å². The normalized spacial score (nSPS) is 13.5. The van der Waals surface area contributed by atoms with E-state index in [9.17, 15) is 4.79 Å². The van der Waals surface area contributed by atoms with Crippen LogP contribution in [-0.2, 0) is 11.2 Å². The fourth-order valence-electron chi connectivity index (χ4n) is 2.42. The lowest BCUT2D eigenvalue weighted by Gasteiger charge is -2.17. The molecule has 0 atom stereocenters. The molecule has 0 aromatic heterocycles. The van der Waals surface area contributed by atoms with Crippen LogP contribution in [0.2, 0.25) is 0 Å². The second-order valence-corrected chi connectivity index (χ2v) is 5.12. The largest absolute Gasteiger partial charge is 0.493 e. The van der Waals surface area contributed by atoms with Gasteiger partial charge in [0.05, 0.1) is 6.61 Å². The maximum absolute atomic E-state index is 11.8. The van der Waals surface area contributed by atoms with E-state index in [0.29, 0.717) is 6.54 Å². The summed E-state index contributed by atoms with van der Waals surface area (Å²) >= 11 is 0. The number of hydrogen-bond donors (Lipinski definition) is 1. The van der Waals surface area contributed by atoms with Crippen LogP contribution in [-0.4, -0.2) is 43.6 Å². The predicted molar refractivity (Wildman–Crippen MR) is 85.5 cm³/mol. The highest BCUT2D eigenvalue weighted by atomic mass is 16.5. The van der Waals surface area contributed by atoms with Crippen LogP contribution < -0.4 is 10.1 Å². The Balaban J connectivity index is 1.79. The summed E-state index contributed by atoms with van der Waals surface area (Å²) in [5, 5.41) is 2.91. The van der Waals surface area contributed by atoms with E-state index in [0.717, 1.165) is 44.0 Å². The van der Waals surface area contributed by atoms with Gasteiger partial charge in [-0.1, -0.05) is 19.9 Å². The van der Waals surface area contributed by atoms with Crippen LogP contribution in [0.4, 0.5) is 0 Å². The van der Waals surface area contributed by atoms with Gasteiger partial charge in [-0.3, -0.25) is 4.79 Å². The number of ether oxygens (including phenoxy) is 1. The molecule has 2 rings (SSSR count). The molecule has 4 heteroatoms. The number of likely N-dealkylation sites (N-methyl/N-ethyl adjacent to an activating group) is 1. The molecule has 0 radical (unpaired) electrons. The molecule has 1 aliphatic heterocycles. The zero-order chi connectivity index (χ0) is 15.1. The minimum absolute atomic E-state index is 0.0427. The summed E-state index contributed by atoms with van der Waals surface area (Å²) in [7, 11) is 0. The summed E-state index contributed by atoms with van der Waals surface area (Å²) in [6.45, 7) is 8.62. The molecular formula is C17H24N2O2. The lowest BCUT2D eigenvalue weighted by Crippen LogP contribution is -2.34. The van der Waals surface area contributed by atoms with E-state index >= 15 is 0 Å². The SMILES string of the molecule is CCN(CC)CCNC(=O)/C=C/c1ccc2c(c1)CCO2. The maximum Gasteiger partial charge on any atom is 0.244 e. The zero-order valence-electron chi connectivity index (χ0n) is 12.9. The summed E-state index contributed by atoms with van der Waals surface area (Å²) < 4.78 is 5.47. The summed E-state index contributed by atoms with van der Waals surface area (Å²) in [6.07, 6.45) is 4.40. The Kier molecular flexibility index (Phi) is 5.81. The van der Waals surface area contributed by atoms with Crippen molar-refractivity contribution in [3.8, 4) is 5.75 Å². The number of hydrogen-bond acceptors (Lipinski definition) is 3. The van der Waals surface area contributed by atoms with Gasteiger partial charge < -0.3 is 15.0 Å². The molecule has 114 valence electrons. The summed E-state index contributed by atoms with van der Waals surface area (Å²) in [6, 6.07) is 6.03. The van der Waals surface area contributed by atoms with Crippen LogP contribution >= 0.6 is 0 Å². The van der Waals surface area contributed by atoms with Crippen molar-refractivity contribution in [1.82, 2.24) is 10.2 Å². The Morgan fingerprint density at radius 3 is 2.95 bits per heavy atom. The average molecular weight is 288 g/mol. The smallest absolute Gasteiger partial charge is 0.244 e. The predicted octanol–water partition coefficient (Wildman–Crippen LogP) is 2.09. The third kappa shape index (κ3) is 4.60. The van der Waals surface area contributed by atoms with Crippen molar-refractivity contribution in [2.45, 2.75) is 20.3 Å². The van der Waals surface area contributed by atoms with Crippen molar-refractivity contribution < 1.29 is 9.53 Å². The molecule has 4 nitrogen and oxygen atoms in total. The van der Waals surface area contributed by atoms with E-state index in [-0.39, 0.29) is 5.91 Å². The van der Waals surface area contributed by atoms with E-state index in [2.05, 4.69) is 30.1 Å². The first-order valence-corrected chi connectivity index (χ1v) is 7.67. The monoisotopic (exact) mass is 288 g/mol. The van der Waals surface area contributed by atoms with Gasteiger partial charge in [-0.15, -0.1) is 0 Å². The Bertz CT molecular complexity index is 508. The molecule has 0 bridgehead atoms. The molecule has 0 saturated carbocycles. The first kappa shape index (κ1) is 15.6. The third-order valence-corrected chi connectivity index (χ3v) is 3.76. The number of benzene rings is 1. The first-order chi connectivity index (χ1) is 10.2. The molecule has 0 spiro atoms. The number of fused-ring (bicyclic) bond motifs is 1. The third-order valence-electron chi connectivity index (χ3n) is 3.76. The number of carbonyl (C=O) groups excluding carboxylic acids is 1. The molecule has 21 heavy (non-hydrogen) atoms. The number of carbonyl (C=O) groups is 1. The van der Waals surface area contributed by atoms with Gasteiger partial charge in [0.25, 0.3) is 0 Å². The average Bonchev–Trinajstić information content (AvgIpc) is 2.97. The highest BCUT2D eigenvalue weighted by molar-refractivity contribution is 5.91. The highest BCUT2D eigenvalue weighted by Gasteiger charge is 2.11. The zero-order valence-corrected chi connectivity index (χ0v) is 12.9. The van der Waals surface area contributed by atoms with Crippen molar-refractivity contribution in [2.75, 3.05) is 32.8 Å². The van der Waals surface area contributed by atoms with Crippen molar-refractivity contribution in [1.29, 1.82) is 0 Å². The second kappa shape index (κ2) is 7.84. The lowest BCUT2D eigenvalue weighted by molar-refractivity contribution is -0.116. The van der Waals surface area contributed by atoms with Gasteiger partial charge in [0.15, 0.2) is 0 Å². The van der Waals surface area contributed by atoms with Crippen molar-refractivity contribution in [2.24, 2.45) is 0 Å². The second-order valence-electron chi connectivity index (χ2n) is 5.12. The van der Waals surface area contributed by atoms with E-state index in [1.54, 1.807) is 6.08 Å². The van der Waals surface area contributed by atoms with Gasteiger partial charge in [-0.2, -0.15) is 0 Å². The number of rotatable bonds is 7. The summed E-state index contributed by atoms with van der Waals surface area (Å²) in [5.74, 6) is 0.926. The first-order valence-electron chi connectivity index (χ1n) is 7.67. The molecule has 0 fully saturated rings. The molecule has 1 heterocycles. The molecular weight excluding hydrogens is 264 g/mol. The van der Waals surface area contributed by atoms with E-state index in [1.807, 2.05) is 18.2 Å². The standard InChI is InChI=1S/C17H24N2O2/c1-3-19(4-2)11-10-18-17(20)8-6-14-5-7-16-15(13-14)9-12-21-16/h5-8,13H,3-4,9-12H2,1-2H3,(H,18,20)/b8-6+. The molecule has 0 aliphatic carbocycles. The van der Waals surface area contributed by atoms with Crippen LogP contribution in [0.15, 0.2) is 24.3 Å². The van der Waals surface area contributed by atoms with Gasteiger partial charge in [0.2, 0.25) is 5.91 Å². The molecule has 1 aromatic rings. The Morgan fingerprint density at radius 1 is 1.38 bits per heavy atom. The van der Waals surface area contributed by atoms with Crippen LogP contribution in [0.1, 0.15) is 25.0 Å². The van der Waals surface area contributed by atoms with Crippen molar-refractivity contribution in [3.63, 3.8) is 0 Å². The topological polar surface area (TPSA) is 41.6 Å². The quantitative estimate of drug-likeness (QED) is 0.781. The van der Waals surface area contributed by atoms with Gasteiger partial charge in [0, 0.05) is 25.6 Å². The van der Waals surface area contributed by atoms with Gasteiger partial charge in [-0.25, -0.2) is 0 Å². The summed E-state index contributed by atoms with van der Waals surface area (Å²) in [4.78, 5) is 14.0. The minimum Gasteiger partial charge on any atom is -0.493 e. The molecule has 0 unspecified atom stereocenters. The maximum atomic E-state index is 11.8. The Morgan fingerprint density at radius 2 is 2.19 bits per heavy atom. The van der Waals surface area contributed by atoms with Crippen molar-refractivity contribution >= 4 is 12.0 Å². The van der Waals surface area contributed by atoms with Crippen LogP contribution in [0.5, 0.6) is 5.75 Å². The van der Waals surface area contributed by atoms with Gasteiger partial charge in [-0.05, 0) is 42.4 Å². The number of nitrogens with zero attached hydrogens (tertiary/aromatic N) is 1. The molecule has 0 saturated heterocycles. The van der Waals surface area contributed by atoms with Crippen LogP contribution in [0.3, 0.4) is 0 Å². The molecule has 1 N–H and O–H groups in total. The fourth-order valence-corrected chi connectivity index (χ4v) is 2.42. The van der Waals surface area contributed by atoms with Gasteiger partial charge >= 0.3 is 0 Å². The Labute approximate surface area is 126 Å². The fraction of sp³-hybridized carbons (Fsp3) is 0.471. The Hall–Kier alpha value is -1.81. The van der Waals surface area contributed by atoms with E-state index in [4.69, 9.17) is 4.74 Å². The summed E-state index contributed by atoms with van der Waals surface area (Å²) in [5.41, 5.74) is 2.26. The van der Waals surface area contributed by atoms with E-state index < -0.39 is 0 Å². The van der Waals surface area contributed by atoms with Crippen LogP contribution in [0, 0.1) is 0 Å². The molecule has 1 aromatic carbocycles. The molecule has 1 aliphatic rings. The highest BCUT2D eigenvalue weighted by Crippen LogP contribution is 2.26. The number of nitrogens with one attached hydrogen (secondary N) is 1.